The van der Waals surface area contributed by atoms with Crippen LogP contribution in [0.25, 0.3) is 0 Å². The molecule has 0 aromatic carbocycles. The SMILES string of the molecule is CCC(CC)C(O)CNC1CCCC(C(C)C)CC1. The van der Waals surface area contributed by atoms with Gasteiger partial charge in [-0.05, 0) is 37.0 Å². The summed E-state index contributed by atoms with van der Waals surface area (Å²) in [5, 5.41) is 13.8. The smallest absolute Gasteiger partial charge is 0.0692 e. The first-order chi connectivity index (χ1) is 9.08. The number of hydrogen-bond acceptors (Lipinski definition) is 2. The molecule has 2 heteroatoms. The molecular formula is C17H35NO. The third kappa shape index (κ3) is 5.83. The Kier molecular flexibility index (Phi) is 8.01. The summed E-state index contributed by atoms with van der Waals surface area (Å²) in [6, 6.07) is 0.632. The molecule has 2 N–H and O–H groups in total. The molecule has 2 nitrogen and oxygen atoms in total. The predicted molar refractivity (Wildman–Crippen MR) is 83.3 cm³/mol. The van der Waals surface area contributed by atoms with Gasteiger partial charge in [0, 0.05) is 12.6 Å². The molecule has 0 bridgehead atoms. The number of hydrogen-bond donors (Lipinski definition) is 2. The maximum Gasteiger partial charge on any atom is 0.0692 e. The van der Waals surface area contributed by atoms with Crippen LogP contribution in [0.2, 0.25) is 0 Å². The molecular weight excluding hydrogens is 234 g/mol. The van der Waals surface area contributed by atoms with Crippen molar-refractivity contribution in [2.75, 3.05) is 6.54 Å². The average molecular weight is 269 g/mol. The van der Waals surface area contributed by atoms with Crippen LogP contribution in [0.5, 0.6) is 0 Å². The van der Waals surface area contributed by atoms with E-state index in [4.69, 9.17) is 0 Å². The Balaban J connectivity index is 2.30. The molecule has 1 rings (SSSR count). The lowest BCUT2D eigenvalue weighted by atomic mass is 9.89. The van der Waals surface area contributed by atoms with Gasteiger partial charge in [0.25, 0.3) is 0 Å². The lowest BCUT2D eigenvalue weighted by Crippen LogP contribution is -2.38. The molecule has 1 aliphatic rings. The molecule has 1 saturated carbocycles. The van der Waals surface area contributed by atoms with E-state index in [1.54, 1.807) is 0 Å². The van der Waals surface area contributed by atoms with E-state index >= 15 is 0 Å². The average Bonchev–Trinajstić information content (AvgIpc) is 2.63. The zero-order chi connectivity index (χ0) is 14.3. The summed E-state index contributed by atoms with van der Waals surface area (Å²) in [6.45, 7) is 9.85. The lowest BCUT2D eigenvalue weighted by Gasteiger charge is -2.24. The van der Waals surface area contributed by atoms with Gasteiger partial charge >= 0.3 is 0 Å². The minimum absolute atomic E-state index is 0.167. The van der Waals surface area contributed by atoms with Gasteiger partial charge in [-0.1, -0.05) is 53.4 Å². The number of aliphatic hydroxyl groups is 1. The molecule has 0 heterocycles. The van der Waals surface area contributed by atoms with E-state index in [-0.39, 0.29) is 6.10 Å². The van der Waals surface area contributed by atoms with Crippen LogP contribution in [-0.4, -0.2) is 23.8 Å². The lowest BCUT2D eigenvalue weighted by molar-refractivity contribution is 0.0974. The molecule has 0 aromatic heterocycles. The quantitative estimate of drug-likeness (QED) is 0.685. The van der Waals surface area contributed by atoms with Gasteiger partial charge < -0.3 is 10.4 Å². The van der Waals surface area contributed by atoms with Crippen LogP contribution in [0.4, 0.5) is 0 Å². The fourth-order valence-electron chi connectivity index (χ4n) is 3.49. The van der Waals surface area contributed by atoms with Crippen LogP contribution in [0, 0.1) is 17.8 Å². The summed E-state index contributed by atoms with van der Waals surface area (Å²) < 4.78 is 0. The molecule has 0 saturated heterocycles. The zero-order valence-corrected chi connectivity index (χ0v) is 13.5. The first-order valence-corrected chi connectivity index (χ1v) is 8.49. The first kappa shape index (κ1) is 17.0. The molecule has 0 amide bonds. The van der Waals surface area contributed by atoms with Crippen molar-refractivity contribution in [2.24, 2.45) is 17.8 Å². The van der Waals surface area contributed by atoms with Crippen LogP contribution < -0.4 is 5.32 Å². The molecule has 3 unspecified atom stereocenters. The molecule has 1 fully saturated rings. The highest BCUT2D eigenvalue weighted by Gasteiger charge is 2.22. The third-order valence-corrected chi connectivity index (χ3v) is 5.16. The van der Waals surface area contributed by atoms with Crippen molar-refractivity contribution in [2.45, 2.75) is 84.8 Å². The Morgan fingerprint density at radius 2 is 1.74 bits per heavy atom. The Hall–Kier alpha value is -0.0800. The van der Waals surface area contributed by atoms with Crippen LogP contribution in [0.1, 0.15) is 72.6 Å². The highest BCUT2D eigenvalue weighted by atomic mass is 16.3. The van der Waals surface area contributed by atoms with Crippen LogP contribution in [0.3, 0.4) is 0 Å². The zero-order valence-electron chi connectivity index (χ0n) is 13.5. The Bertz CT molecular complexity index is 225. The second kappa shape index (κ2) is 8.97. The second-order valence-electron chi connectivity index (χ2n) is 6.76. The van der Waals surface area contributed by atoms with E-state index in [1.807, 2.05) is 0 Å². The molecule has 1 aliphatic carbocycles. The van der Waals surface area contributed by atoms with Crippen molar-refractivity contribution >= 4 is 0 Å². The van der Waals surface area contributed by atoms with Gasteiger partial charge in [-0.25, -0.2) is 0 Å². The van der Waals surface area contributed by atoms with Crippen LogP contribution in [-0.2, 0) is 0 Å². The number of nitrogens with one attached hydrogen (secondary N) is 1. The minimum Gasteiger partial charge on any atom is -0.392 e. The van der Waals surface area contributed by atoms with Gasteiger partial charge in [-0.2, -0.15) is 0 Å². The third-order valence-electron chi connectivity index (χ3n) is 5.16. The van der Waals surface area contributed by atoms with Gasteiger partial charge in [0.15, 0.2) is 0 Å². The van der Waals surface area contributed by atoms with Crippen molar-refractivity contribution in [1.29, 1.82) is 0 Å². The summed E-state index contributed by atoms with van der Waals surface area (Å²) in [6.07, 6.45) is 8.68. The number of aliphatic hydroxyl groups excluding tert-OH is 1. The molecule has 114 valence electrons. The summed E-state index contributed by atoms with van der Waals surface area (Å²) in [4.78, 5) is 0. The highest BCUT2D eigenvalue weighted by molar-refractivity contribution is 4.78. The van der Waals surface area contributed by atoms with Crippen molar-refractivity contribution < 1.29 is 5.11 Å². The fourth-order valence-corrected chi connectivity index (χ4v) is 3.49. The maximum absolute atomic E-state index is 10.2. The standard InChI is InChI=1S/C17H35NO/c1-5-14(6-2)17(19)12-18-16-9-7-8-15(10-11-16)13(3)4/h13-19H,5-12H2,1-4H3. The van der Waals surface area contributed by atoms with Gasteiger partial charge in [0.1, 0.15) is 0 Å². The largest absolute Gasteiger partial charge is 0.392 e. The van der Waals surface area contributed by atoms with E-state index < -0.39 is 0 Å². The van der Waals surface area contributed by atoms with E-state index in [0.717, 1.165) is 31.2 Å². The van der Waals surface area contributed by atoms with Gasteiger partial charge in [0.05, 0.1) is 6.10 Å². The van der Waals surface area contributed by atoms with Crippen LogP contribution in [0.15, 0.2) is 0 Å². The second-order valence-corrected chi connectivity index (χ2v) is 6.76. The topological polar surface area (TPSA) is 32.3 Å². The van der Waals surface area contributed by atoms with E-state index in [9.17, 15) is 5.11 Å². The molecule has 0 radical (unpaired) electrons. The molecule has 3 atom stereocenters. The normalized spacial score (nSPS) is 26.7. The summed E-state index contributed by atoms with van der Waals surface area (Å²) >= 11 is 0. The predicted octanol–water partition coefficient (Wildman–Crippen LogP) is 3.98. The van der Waals surface area contributed by atoms with Gasteiger partial charge in [-0.3, -0.25) is 0 Å². The maximum atomic E-state index is 10.2. The highest BCUT2D eigenvalue weighted by Crippen LogP contribution is 2.28. The molecule has 0 aromatic rings. The monoisotopic (exact) mass is 269 g/mol. The van der Waals surface area contributed by atoms with Crippen LogP contribution >= 0.6 is 0 Å². The van der Waals surface area contributed by atoms with Crippen molar-refractivity contribution in [3.8, 4) is 0 Å². The summed E-state index contributed by atoms with van der Waals surface area (Å²) in [5.41, 5.74) is 0. The van der Waals surface area contributed by atoms with E-state index in [2.05, 4.69) is 33.0 Å². The van der Waals surface area contributed by atoms with Crippen molar-refractivity contribution in [3.05, 3.63) is 0 Å². The van der Waals surface area contributed by atoms with E-state index in [1.165, 1.54) is 32.1 Å². The molecule has 0 spiro atoms. The molecule has 19 heavy (non-hydrogen) atoms. The number of rotatable bonds is 7. The summed E-state index contributed by atoms with van der Waals surface area (Å²) in [7, 11) is 0. The molecule has 0 aliphatic heterocycles. The first-order valence-electron chi connectivity index (χ1n) is 8.49. The summed E-state index contributed by atoms with van der Waals surface area (Å²) in [5.74, 6) is 2.20. The van der Waals surface area contributed by atoms with Crippen molar-refractivity contribution in [3.63, 3.8) is 0 Å². The Labute approximate surface area is 120 Å². The Morgan fingerprint density at radius 3 is 2.32 bits per heavy atom. The van der Waals surface area contributed by atoms with E-state index in [0.29, 0.717) is 12.0 Å². The van der Waals surface area contributed by atoms with Crippen molar-refractivity contribution in [1.82, 2.24) is 5.32 Å². The van der Waals surface area contributed by atoms with Gasteiger partial charge in [0.2, 0.25) is 0 Å². The fraction of sp³-hybridized carbons (Fsp3) is 1.00. The minimum atomic E-state index is -0.167. The van der Waals surface area contributed by atoms with Gasteiger partial charge in [-0.15, -0.1) is 0 Å². The Morgan fingerprint density at radius 1 is 1.05 bits per heavy atom.